The second-order valence-corrected chi connectivity index (χ2v) is 6.12. The minimum absolute atomic E-state index is 0.284. The topological polar surface area (TPSA) is 30.5 Å². The van der Waals surface area contributed by atoms with Gasteiger partial charge >= 0.3 is 0 Å². The summed E-state index contributed by atoms with van der Waals surface area (Å²) in [6, 6.07) is 6.99. The Morgan fingerprint density at radius 1 is 1.33 bits per heavy atom. The molecule has 1 saturated heterocycles. The van der Waals surface area contributed by atoms with Gasteiger partial charge in [-0.15, -0.1) is 0 Å². The van der Waals surface area contributed by atoms with Crippen molar-refractivity contribution in [3.05, 3.63) is 34.9 Å². The average molecular weight is 291 g/mol. The Bertz CT molecular complexity index is 427. The summed E-state index contributed by atoms with van der Waals surface area (Å²) in [7, 11) is 0. The lowest BCUT2D eigenvalue weighted by Gasteiger charge is -2.21. The maximum Gasteiger partial charge on any atom is 0.0661 e. The van der Waals surface area contributed by atoms with E-state index in [4.69, 9.17) is 9.47 Å². The van der Waals surface area contributed by atoms with Crippen LogP contribution in [0.3, 0.4) is 0 Å². The first-order valence-electron chi connectivity index (χ1n) is 8.16. The number of rotatable bonds is 8. The van der Waals surface area contributed by atoms with Crippen molar-refractivity contribution in [3.8, 4) is 0 Å². The zero-order chi connectivity index (χ0) is 15.1. The molecule has 0 spiro atoms. The summed E-state index contributed by atoms with van der Waals surface area (Å²) in [4.78, 5) is 0. The lowest BCUT2D eigenvalue weighted by atomic mass is 10.0. The zero-order valence-corrected chi connectivity index (χ0v) is 13.7. The van der Waals surface area contributed by atoms with Crippen LogP contribution in [0.4, 0.5) is 0 Å². The van der Waals surface area contributed by atoms with E-state index >= 15 is 0 Å². The van der Waals surface area contributed by atoms with Crippen molar-refractivity contribution in [2.45, 2.75) is 39.7 Å². The van der Waals surface area contributed by atoms with Crippen molar-refractivity contribution in [3.63, 3.8) is 0 Å². The highest BCUT2D eigenvalue weighted by atomic mass is 16.5. The highest BCUT2D eigenvalue weighted by Crippen LogP contribution is 2.19. The summed E-state index contributed by atoms with van der Waals surface area (Å²) in [6.45, 7) is 10.8. The standard InChI is InChI=1S/C18H29NO2/c1-4-8-19-18(13-21-12-16-7-9-20-11-16)17-6-5-14(2)15(3)10-17/h5-6,10,16,18-19H,4,7-9,11-13H2,1-3H3. The van der Waals surface area contributed by atoms with Crippen LogP contribution in [0.25, 0.3) is 0 Å². The molecule has 1 aromatic carbocycles. The van der Waals surface area contributed by atoms with Crippen LogP contribution in [0, 0.1) is 19.8 Å². The predicted molar refractivity (Wildman–Crippen MR) is 86.7 cm³/mol. The molecule has 1 fully saturated rings. The second kappa shape index (κ2) is 8.52. The van der Waals surface area contributed by atoms with E-state index < -0.39 is 0 Å². The first kappa shape index (κ1) is 16.5. The first-order chi connectivity index (χ1) is 10.2. The van der Waals surface area contributed by atoms with Crippen molar-refractivity contribution in [1.29, 1.82) is 0 Å². The molecule has 3 nitrogen and oxygen atoms in total. The van der Waals surface area contributed by atoms with Gasteiger partial charge in [-0.2, -0.15) is 0 Å². The van der Waals surface area contributed by atoms with Crippen LogP contribution in [0.1, 0.15) is 42.5 Å². The first-order valence-corrected chi connectivity index (χ1v) is 8.16. The fourth-order valence-electron chi connectivity index (χ4n) is 2.64. The fourth-order valence-corrected chi connectivity index (χ4v) is 2.64. The Morgan fingerprint density at radius 2 is 2.19 bits per heavy atom. The molecule has 2 unspecified atom stereocenters. The molecule has 3 heteroatoms. The van der Waals surface area contributed by atoms with Gasteiger partial charge in [-0.05, 0) is 49.9 Å². The van der Waals surface area contributed by atoms with Gasteiger partial charge in [0.1, 0.15) is 0 Å². The van der Waals surface area contributed by atoms with Crippen LogP contribution in [-0.4, -0.2) is 33.0 Å². The normalized spacial score (nSPS) is 19.9. The molecule has 1 heterocycles. The van der Waals surface area contributed by atoms with Gasteiger partial charge < -0.3 is 14.8 Å². The monoisotopic (exact) mass is 291 g/mol. The van der Waals surface area contributed by atoms with Crippen molar-refractivity contribution >= 4 is 0 Å². The smallest absolute Gasteiger partial charge is 0.0661 e. The van der Waals surface area contributed by atoms with Crippen molar-refractivity contribution in [2.24, 2.45) is 5.92 Å². The van der Waals surface area contributed by atoms with Gasteiger partial charge in [-0.1, -0.05) is 25.1 Å². The molecule has 0 radical (unpaired) electrons. The lowest BCUT2D eigenvalue weighted by molar-refractivity contribution is 0.0744. The number of nitrogens with one attached hydrogen (secondary N) is 1. The molecule has 118 valence electrons. The molecule has 0 aliphatic carbocycles. The van der Waals surface area contributed by atoms with E-state index in [9.17, 15) is 0 Å². The van der Waals surface area contributed by atoms with E-state index in [0.717, 1.165) is 45.8 Å². The largest absolute Gasteiger partial charge is 0.381 e. The number of benzene rings is 1. The van der Waals surface area contributed by atoms with Gasteiger partial charge in [0.15, 0.2) is 0 Å². The van der Waals surface area contributed by atoms with Crippen LogP contribution in [0.15, 0.2) is 18.2 Å². The van der Waals surface area contributed by atoms with Crippen molar-refractivity contribution < 1.29 is 9.47 Å². The van der Waals surface area contributed by atoms with E-state index in [-0.39, 0.29) is 6.04 Å². The molecule has 1 aliphatic heterocycles. The molecule has 0 saturated carbocycles. The van der Waals surface area contributed by atoms with Gasteiger partial charge in [0.05, 0.1) is 25.9 Å². The van der Waals surface area contributed by atoms with E-state index in [1.807, 2.05) is 0 Å². The van der Waals surface area contributed by atoms with Gasteiger partial charge in [-0.3, -0.25) is 0 Å². The highest BCUT2D eigenvalue weighted by molar-refractivity contribution is 5.31. The van der Waals surface area contributed by atoms with Crippen LogP contribution in [0.5, 0.6) is 0 Å². The molecule has 21 heavy (non-hydrogen) atoms. The van der Waals surface area contributed by atoms with Crippen LogP contribution in [0.2, 0.25) is 0 Å². The molecule has 0 amide bonds. The minimum Gasteiger partial charge on any atom is -0.381 e. The maximum absolute atomic E-state index is 5.96. The summed E-state index contributed by atoms with van der Waals surface area (Å²) in [5, 5.41) is 3.60. The molecule has 1 aromatic rings. The molecule has 2 rings (SSSR count). The second-order valence-electron chi connectivity index (χ2n) is 6.12. The van der Waals surface area contributed by atoms with Crippen molar-refractivity contribution in [2.75, 3.05) is 33.0 Å². The summed E-state index contributed by atoms with van der Waals surface area (Å²) >= 11 is 0. The molecule has 1 aliphatic rings. The Kier molecular flexibility index (Phi) is 6.68. The van der Waals surface area contributed by atoms with Gasteiger partial charge in [0.2, 0.25) is 0 Å². The van der Waals surface area contributed by atoms with Gasteiger partial charge in [0.25, 0.3) is 0 Å². The average Bonchev–Trinajstić information content (AvgIpc) is 2.99. The van der Waals surface area contributed by atoms with Crippen molar-refractivity contribution in [1.82, 2.24) is 5.32 Å². The SMILES string of the molecule is CCCNC(COCC1CCOC1)c1ccc(C)c(C)c1. The quantitative estimate of drug-likeness (QED) is 0.796. The zero-order valence-electron chi connectivity index (χ0n) is 13.7. The van der Waals surface area contributed by atoms with Gasteiger partial charge in [-0.25, -0.2) is 0 Å². The number of hydrogen-bond donors (Lipinski definition) is 1. The highest BCUT2D eigenvalue weighted by Gasteiger charge is 2.17. The molecule has 1 N–H and O–H groups in total. The Hall–Kier alpha value is -0.900. The third-order valence-electron chi connectivity index (χ3n) is 4.24. The van der Waals surface area contributed by atoms with Crippen LogP contribution in [-0.2, 0) is 9.47 Å². The molecular weight excluding hydrogens is 262 g/mol. The van der Waals surface area contributed by atoms with E-state index in [0.29, 0.717) is 5.92 Å². The molecule has 0 bridgehead atoms. The maximum atomic E-state index is 5.96. The third-order valence-corrected chi connectivity index (χ3v) is 4.24. The summed E-state index contributed by atoms with van der Waals surface area (Å²) < 4.78 is 11.4. The fraction of sp³-hybridized carbons (Fsp3) is 0.667. The number of aryl methyl sites for hydroxylation is 2. The van der Waals surface area contributed by atoms with E-state index in [2.05, 4.69) is 44.3 Å². The Labute approximate surface area is 129 Å². The van der Waals surface area contributed by atoms with E-state index in [1.165, 1.54) is 16.7 Å². The van der Waals surface area contributed by atoms with Crippen LogP contribution < -0.4 is 5.32 Å². The lowest BCUT2D eigenvalue weighted by Crippen LogP contribution is -2.27. The minimum atomic E-state index is 0.284. The van der Waals surface area contributed by atoms with E-state index in [1.54, 1.807) is 0 Å². The third kappa shape index (κ3) is 5.10. The Morgan fingerprint density at radius 3 is 2.86 bits per heavy atom. The number of ether oxygens (including phenoxy) is 2. The number of hydrogen-bond acceptors (Lipinski definition) is 3. The molecular formula is C18H29NO2. The predicted octanol–water partition coefficient (Wildman–Crippen LogP) is 3.40. The Balaban J connectivity index is 1.90. The summed E-state index contributed by atoms with van der Waals surface area (Å²) in [6.07, 6.45) is 2.27. The molecule has 2 atom stereocenters. The summed E-state index contributed by atoms with van der Waals surface area (Å²) in [5.74, 6) is 0.580. The summed E-state index contributed by atoms with van der Waals surface area (Å²) in [5.41, 5.74) is 4.02. The van der Waals surface area contributed by atoms with Crippen LogP contribution >= 0.6 is 0 Å². The molecule has 0 aromatic heterocycles. The van der Waals surface area contributed by atoms with Gasteiger partial charge in [0, 0.05) is 12.5 Å².